The lowest BCUT2D eigenvalue weighted by atomic mass is 10.0. The van der Waals surface area contributed by atoms with Gasteiger partial charge in [0.1, 0.15) is 11.2 Å². The normalized spacial score (nSPS) is 11.6. The van der Waals surface area contributed by atoms with E-state index in [-0.39, 0.29) is 0 Å². The van der Waals surface area contributed by atoms with Gasteiger partial charge >= 0.3 is 0 Å². The third-order valence-electron chi connectivity index (χ3n) is 9.51. The van der Waals surface area contributed by atoms with E-state index in [9.17, 15) is 0 Å². The van der Waals surface area contributed by atoms with Crippen molar-refractivity contribution in [2.75, 3.05) is 0 Å². The zero-order valence-electron chi connectivity index (χ0n) is 26.9. The molecule has 10 rings (SSSR count). The highest BCUT2D eigenvalue weighted by Crippen LogP contribution is 2.41. The van der Waals surface area contributed by atoms with E-state index in [1.165, 1.54) is 0 Å². The van der Waals surface area contributed by atoms with Crippen molar-refractivity contribution in [2.45, 2.75) is 0 Å². The smallest absolute Gasteiger partial charge is 0.178 e. The highest BCUT2D eigenvalue weighted by molar-refractivity contribution is 6.19. The Morgan fingerprint density at radius 1 is 0.300 bits per heavy atom. The minimum Gasteiger partial charge on any atom is -0.452 e. The third-order valence-corrected chi connectivity index (χ3v) is 9.51. The number of nitrogens with zero attached hydrogens (tertiary/aromatic N) is 2. The zero-order valence-corrected chi connectivity index (χ0v) is 26.9. The lowest BCUT2D eigenvalue weighted by Crippen LogP contribution is -1.96. The molecule has 0 unspecified atom stereocenters. The van der Waals surface area contributed by atoms with Gasteiger partial charge in [-0.05, 0) is 70.8 Å². The Hall–Kier alpha value is -6.78. The summed E-state index contributed by atoms with van der Waals surface area (Å²) in [5.74, 6) is 0.680. The SMILES string of the molecule is c1ccc(-c2ccc3c(c2)oc2c3ccc3c4ccc(-c5cccc(-c6nc(-c7ccccc7)cc(-c7ccccc7)n6)c5)cc4oc32)cc1. The van der Waals surface area contributed by atoms with Crippen LogP contribution in [0.25, 0.3) is 100 Å². The molecule has 0 aliphatic carbocycles. The van der Waals surface area contributed by atoms with E-state index >= 15 is 0 Å². The first-order valence-corrected chi connectivity index (χ1v) is 16.7. The van der Waals surface area contributed by atoms with Gasteiger partial charge in [0.15, 0.2) is 17.0 Å². The van der Waals surface area contributed by atoms with Gasteiger partial charge in [0.25, 0.3) is 0 Å². The van der Waals surface area contributed by atoms with Gasteiger partial charge in [-0.25, -0.2) is 9.97 Å². The van der Waals surface area contributed by atoms with Crippen LogP contribution >= 0.6 is 0 Å². The van der Waals surface area contributed by atoms with Crippen LogP contribution in [0.15, 0.2) is 179 Å². The van der Waals surface area contributed by atoms with Crippen LogP contribution < -0.4 is 0 Å². The van der Waals surface area contributed by atoms with Crippen molar-refractivity contribution in [1.82, 2.24) is 9.97 Å². The van der Waals surface area contributed by atoms with Gasteiger partial charge in [0, 0.05) is 38.2 Å². The molecule has 3 heterocycles. The molecule has 0 atom stereocenters. The van der Waals surface area contributed by atoms with Crippen LogP contribution in [0.2, 0.25) is 0 Å². The van der Waals surface area contributed by atoms with Gasteiger partial charge in [-0.15, -0.1) is 0 Å². The maximum Gasteiger partial charge on any atom is 0.178 e. The van der Waals surface area contributed by atoms with Crippen molar-refractivity contribution >= 4 is 43.9 Å². The minimum atomic E-state index is 0.680. The monoisotopic (exact) mass is 640 g/mol. The van der Waals surface area contributed by atoms with Crippen molar-refractivity contribution in [2.24, 2.45) is 0 Å². The fraction of sp³-hybridized carbons (Fsp3) is 0. The lowest BCUT2D eigenvalue weighted by Gasteiger charge is -2.10. The molecule has 50 heavy (non-hydrogen) atoms. The molecular weight excluding hydrogens is 613 g/mol. The van der Waals surface area contributed by atoms with Gasteiger partial charge in [-0.1, -0.05) is 121 Å². The standard InChI is InChI=1S/C46H28N2O2/c1-4-11-29(12-5-1)33-19-21-36-38-23-24-39-37-22-20-34(27-43(37)50-45(39)44(38)49-42(36)26-33)32-17-10-18-35(25-32)46-47-40(30-13-6-2-7-14-30)28-41(48-46)31-15-8-3-9-16-31/h1-28H. The molecule has 0 aliphatic rings. The topological polar surface area (TPSA) is 52.1 Å². The fourth-order valence-corrected chi connectivity index (χ4v) is 6.99. The van der Waals surface area contributed by atoms with Crippen LogP contribution in [0.3, 0.4) is 0 Å². The molecule has 0 spiro atoms. The molecule has 0 saturated carbocycles. The first-order valence-electron chi connectivity index (χ1n) is 16.7. The number of rotatable bonds is 5. The highest BCUT2D eigenvalue weighted by Gasteiger charge is 2.18. The molecule has 3 aromatic heterocycles. The summed E-state index contributed by atoms with van der Waals surface area (Å²) in [7, 11) is 0. The van der Waals surface area contributed by atoms with Gasteiger partial charge in [0.2, 0.25) is 0 Å². The van der Waals surface area contributed by atoms with Crippen molar-refractivity contribution in [3.8, 4) is 56.2 Å². The van der Waals surface area contributed by atoms with Crippen molar-refractivity contribution < 1.29 is 8.83 Å². The summed E-state index contributed by atoms with van der Waals surface area (Å²) in [4.78, 5) is 10.1. The van der Waals surface area contributed by atoms with Crippen LogP contribution in [0.4, 0.5) is 0 Å². The average Bonchev–Trinajstić information content (AvgIpc) is 3.76. The predicted octanol–water partition coefficient (Wildman–Crippen LogP) is 12.6. The summed E-state index contributed by atoms with van der Waals surface area (Å²) in [6.45, 7) is 0. The average molecular weight is 641 g/mol. The largest absolute Gasteiger partial charge is 0.452 e. The van der Waals surface area contributed by atoms with E-state index < -0.39 is 0 Å². The molecule has 234 valence electrons. The second kappa shape index (κ2) is 11.4. The van der Waals surface area contributed by atoms with E-state index in [1.54, 1.807) is 0 Å². The Balaban J connectivity index is 1.06. The lowest BCUT2D eigenvalue weighted by molar-refractivity contribution is 0.633. The molecule has 0 bridgehead atoms. The van der Waals surface area contributed by atoms with Crippen LogP contribution in [0, 0.1) is 0 Å². The Morgan fingerprint density at radius 3 is 1.26 bits per heavy atom. The summed E-state index contributed by atoms with van der Waals surface area (Å²) in [5.41, 5.74) is 12.4. The number of fused-ring (bicyclic) bond motifs is 7. The van der Waals surface area contributed by atoms with Crippen molar-refractivity contribution in [3.63, 3.8) is 0 Å². The number of hydrogen-bond acceptors (Lipinski definition) is 4. The van der Waals surface area contributed by atoms with Crippen LogP contribution in [-0.2, 0) is 0 Å². The summed E-state index contributed by atoms with van der Waals surface area (Å²) in [6, 6.07) is 58.5. The van der Waals surface area contributed by atoms with Gasteiger partial charge in [-0.2, -0.15) is 0 Å². The summed E-state index contributed by atoms with van der Waals surface area (Å²) < 4.78 is 13.1. The summed E-state index contributed by atoms with van der Waals surface area (Å²) in [6.07, 6.45) is 0. The summed E-state index contributed by atoms with van der Waals surface area (Å²) in [5, 5.41) is 4.22. The van der Waals surface area contributed by atoms with Crippen LogP contribution in [-0.4, -0.2) is 9.97 Å². The molecule has 0 fully saturated rings. The molecule has 0 radical (unpaired) electrons. The Bertz CT molecular complexity index is 2800. The zero-order chi connectivity index (χ0) is 33.0. The van der Waals surface area contributed by atoms with E-state index in [4.69, 9.17) is 18.8 Å². The van der Waals surface area contributed by atoms with Gasteiger partial charge in [0.05, 0.1) is 11.4 Å². The molecule has 4 heteroatoms. The Morgan fingerprint density at radius 2 is 0.720 bits per heavy atom. The van der Waals surface area contributed by atoms with E-state index in [0.29, 0.717) is 5.82 Å². The number of aromatic nitrogens is 2. The third kappa shape index (κ3) is 4.77. The van der Waals surface area contributed by atoms with Crippen molar-refractivity contribution in [1.29, 1.82) is 0 Å². The summed E-state index contributed by atoms with van der Waals surface area (Å²) >= 11 is 0. The predicted molar refractivity (Wildman–Crippen MR) is 204 cm³/mol. The van der Waals surface area contributed by atoms with E-state index in [0.717, 1.165) is 94.2 Å². The Labute approximate surface area is 287 Å². The number of benzene rings is 7. The Kier molecular flexibility index (Phi) is 6.46. The van der Waals surface area contributed by atoms with Crippen molar-refractivity contribution in [3.05, 3.63) is 170 Å². The van der Waals surface area contributed by atoms with Crippen LogP contribution in [0.5, 0.6) is 0 Å². The second-order valence-corrected chi connectivity index (χ2v) is 12.6. The second-order valence-electron chi connectivity index (χ2n) is 12.6. The quantitative estimate of drug-likeness (QED) is 0.188. The molecule has 0 saturated heterocycles. The molecule has 0 N–H and O–H groups in total. The first-order chi connectivity index (χ1) is 24.7. The fourth-order valence-electron chi connectivity index (χ4n) is 6.99. The van der Waals surface area contributed by atoms with Gasteiger partial charge < -0.3 is 8.83 Å². The molecule has 10 aromatic rings. The maximum absolute atomic E-state index is 6.60. The van der Waals surface area contributed by atoms with E-state index in [1.807, 2.05) is 42.5 Å². The molecule has 7 aromatic carbocycles. The minimum absolute atomic E-state index is 0.680. The number of furan rings is 2. The van der Waals surface area contributed by atoms with Gasteiger partial charge in [-0.3, -0.25) is 0 Å². The molecule has 0 aliphatic heterocycles. The molecule has 0 amide bonds. The van der Waals surface area contributed by atoms with Crippen LogP contribution in [0.1, 0.15) is 0 Å². The van der Waals surface area contributed by atoms with E-state index in [2.05, 4.69) is 127 Å². The first kappa shape index (κ1) is 28.3. The molecular formula is C46H28N2O2. The highest BCUT2D eigenvalue weighted by atomic mass is 16.4. The maximum atomic E-state index is 6.60. The number of hydrogen-bond donors (Lipinski definition) is 0. The molecule has 4 nitrogen and oxygen atoms in total.